The fourth-order valence-corrected chi connectivity index (χ4v) is 5.38. The van der Waals surface area contributed by atoms with E-state index in [0.717, 1.165) is 28.3 Å². The number of aliphatic imine (C=N–C) groups is 1. The van der Waals surface area contributed by atoms with Crippen LogP contribution >= 0.6 is 35.0 Å². The standard InChI is InChI=1S/C27H21Cl2N3O2S/c1-17-14-19(18(2)32(17)23-12-6-11-22(28)25(23)29)15-24-26(33)31(16-21-10-7-13-34-21)27(35-24)30-20-8-4-3-5-9-20/h3-15H,16H2,1-2H3/b24-15-,30-27?. The molecular weight excluding hydrogens is 501 g/mol. The van der Waals surface area contributed by atoms with Crippen molar-refractivity contribution in [2.45, 2.75) is 20.4 Å². The third-order valence-corrected chi connectivity index (χ3v) is 7.51. The summed E-state index contributed by atoms with van der Waals surface area (Å²) in [4.78, 5) is 20.5. The number of carbonyl (C=O) groups excluding carboxylic acids is 1. The number of nitrogens with zero attached hydrogens (tertiary/aromatic N) is 3. The van der Waals surface area contributed by atoms with Gasteiger partial charge in [0, 0.05) is 11.4 Å². The van der Waals surface area contributed by atoms with E-state index in [0.29, 0.717) is 32.4 Å². The zero-order valence-electron chi connectivity index (χ0n) is 19.0. The quantitative estimate of drug-likeness (QED) is 0.251. The van der Waals surface area contributed by atoms with Crippen molar-refractivity contribution >= 4 is 57.8 Å². The molecular formula is C27H21Cl2N3O2S. The highest BCUT2D eigenvalue weighted by Crippen LogP contribution is 2.37. The Labute approximate surface area is 217 Å². The average molecular weight is 522 g/mol. The summed E-state index contributed by atoms with van der Waals surface area (Å²) in [6, 6.07) is 20.9. The summed E-state index contributed by atoms with van der Waals surface area (Å²) >= 11 is 14.1. The Kier molecular flexibility index (Phi) is 6.60. The van der Waals surface area contributed by atoms with Gasteiger partial charge >= 0.3 is 0 Å². The van der Waals surface area contributed by atoms with Gasteiger partial charge in [-0.1, -0.05) is 47.5 Å². The average Bonchev–Trinajstić information content (AvgIpc) is 3.53. The summed E-state index contributed by atoms with van der Waals surface area (Å²) in [5.74, 6) is 0.571. The highest BCUT2D eigenvalue weighted by molar-refractivity contribution is 8.18. The lowest BCUT2D eigenvalue weighted by molar-refractivity contribution is -0.122. The van der Waals surface area contributed by atoms with Crippen molar-refractivity contribution in [2.75, 3.05) is 0 Å². The van der Waals surface area contributed by atoms with Gasteiger partial charge in [-0.15, -0.1) is 0 Å². The van der Waals surface area contributed by atoms with Crippen LogP contribution in [0.15, 0.2) is 87.3 Å². The number of hydrogen-bond acceptors (Lipinski definition) is 4. The maximum atomic E-state index is 13.5. The van der Waals surface area contributed by atoms with Gasteiger partial charge in [0.1, 0.15) is 5.76 Å². The summed E-state index contributed by atoms with van der Waals surface area (Å²) in [6.45, 7) is 4.31. The van der Waals surface area contributed by atoms with Crippen LogP contribution in [0.5, 0.6) is 0 Å². The molecule has 0 atom stereocenters. The van der Waals surface area contributed by atoms with Crippen LogP contribution in [0.4, 0.5) is 5.69 Å². The van der Waals surface area contributed by atoms with Crippen LogP contribution in [-0.2, 0) is 11.3 Å². The molecule has 1 aliphatic heterocycles. The summed E-state index contributed by atoms with van der Waals surface area (Å²) in [6.07, 6.45) is 3.51. The first-order valence-electron chi connectivity index (χ1n) is 10.9. The van der Waals surface area contributed by atoms with Crippen molar-refractivity contribution < 1.29 is 9.21 Å². The number of halogens is 2. The van der Waals surface area contributed by atoms with Crippen molar-refractivity contribution in [3.05, 3.63) is 111 Å². The topological polar surface area (TPSA) is 50.7 Å². The Bertz CT molecular complexity index is 1460. The smallest absolute Gasteiger partial charge is 0.267 e. The van der Waals surface area contributed by atoms with Crippen LogP contribution < -0.4 is 0 Å². The Morgan fingerprint density at radius 2 is 1.83 bits per heavy atom. The van der Waals surface area contributed by atoms with Crippen LogP contribution in [0.25, 0.3) is 11.8 Å². The SMILES string of the molecule is Cc1cc(/C=C2\SC(=Nc3ccccc3)N(Cc3ccco3)C2=O)c(C)n1-c1cccc(Cl)c1Cl. The van der Waals surface area contributed by atoms with Crippen molar-refractivity contribution in [2.24, 2.45) is 4.99 Å². The van der Waals surface area contributed by atoms with Crippen LogP contribution in [0, 0.1) is 13.8 Å². The molecule has 5 nitrogen and oxygen atoms in total. The zero-order chi connectivity index (χ0) is 24.5. The predicted molar refractivity (Wildman–Crippen MR) is 144 cm³/mol. The maximum Gasteiger partial charge on any atom is 0.267 e. The summed E-state index contributed by atoms with van der Waals surface area (Å²) < 4.78 is 7.55. The molecule has 5 rings (SSSR count). The predicted octanol–water partition coefficient (Wildman–Crippen LogP) is 7.80. The van der Waals surface area contributed by atoms with E-state index in [2.05, 4.69) is 0 Å². The fourth-order valence-electron chi connectivity index (χ4n) is 4.01. The minimum Gasteiger partial charge on any atom is -0.467 e. The second-order valence-electron chi connectivity index (χ2n) is 8.05. The monoisotopic (exact) mass is 521 g/mol. The van der Waals surface area contributed by atoms with Gasteiger partial charge in [0.2, 0.25) is 0 Å². The van der Waals surface area contributed by atoms with E-state index in [4.69, 9.17) is 32.6 Å². The molecule has 0 bridgehead atoms. The van der Waals surface area contributed by atoms with Crippen molar-refractivity contribution in [1.82, 2.24) is 9.47 Å². The number of aromatic nitrogens is 1. The van der Waals surface area contributed by atoms with Gasteiger partial charge in [-0.05, 0) is 79.7 Å². The molecule has 4 aromatic rings. The Morgan fingerprint density at radius 3 is 2.57 bits per heavy atom. The molecule has 0 aliphatic carbocycles. The van der Waals surface area contributed by atoms with Crippen LogP contribution in [-0.4, -0.2) is 20.5 Å². The highest BCUT2D eigenvalue weighted by atomic mass is 35.5. The molecule has 8 heteroatoms. The van der Waals surface area contributed by atoms with Gasteiger partial charge < -0.3 is 8.98 Å². The Balaban J connectivity index is 1.54. The molecule has 1 aliphatic rings. The molecule has 1 saturated heterocycles. The lowest BCUT2D eigenvalue weighted by Gasteiger charge is -2.13. The van der Waals surface area contributed by atoms with E-state index in [1.807, 2.05) is 85.2 Å². The van der Waals surface area contributed by atoms with Gasteiger partial charge in [0.15, 0.2) is 5.17 Å². The van der Waals surface area contributed by atoms with Crippen molar-refractivity contribution in [3.63, 3.8) is 0 Å². The number of carbonyl (C=O) groups is 1. The van der Waals surface area contributed by atoms with E-state index in [9.17, 15) is 4.79 Å². The molecule has 0 saturated carbocycles. The van der Waals surface area contributed by atoms with E-state index >= 15 is 0 Å². The Morgan fingerprint density at radius 1 is 1.03 bits per heavy atom. The number of amides is 1. The lowest BCUT2D eigenvalue weighted by atomic mass is 10.2. The fraction of sp³-hybridized carbons (Fsp3) is 0.111. The molecule has 176 valence electrons. The number of benzene rings is 2. The van der Waals surface area contributed by atoms with Gasteiger partial charge in [0.25, 0.3) is 5.91 Å². The van der Waals surface area contributed by atoms with E-state index < -0.39 is 0 Å². The van der Waals surface area contributed by atoms with Gasteiger partial charge in [-0.2, -0.15) is 0 Å². The number of furan rings is 1. The summed E-state index contributed by atoms with van der Waals surface area (Å²) in [5, 5.41) is 1.59. The highest BCUT2D eigenvalue weighted by Gasteiger charge is 2.34. The molecule has 0 radical (unpaired) electrons. The second kappa shape index (κ2) is 9.82. The first kappa shape index (κ1) is 23.5. The first-order chi connectivity index (χ1) is 16.9. The molecule has 0 N–H and O–H groups in total. The van der Waals surface area contributed by atoms with E-state index in [-0.39, 0.29) is 5.91 Å². The van der Waals surface area contributed by atoms with Crippen molar-refractivity contribution in [3.8, 4) is 5.69 Å². The lowest BCUT2D eigenvalue weighted by Crippen LogP contribution is -2.28. The number of thioether (sulfide) groups is 1. The number of aryl methyl sites for hydroxylation is 1. The van der Waals surface area contributed by atoms with Crippen LogP contribution in [0.2, 0.25) is 10.0 Å². The Hall–Kier alpha value is -3.19. The van der Waals surface area contributed by atoms with Gasteiger partial charge in [0.05, 0.1) is 39.1 Å². The number of amidine groups is 1. The molecule has 1 amide bonds. The van der Waals surface area contributed by atoms with Crippen LogP contribution in [0.1, 0.15) is 22.7 Å². The molecule has 35 heavy (non-hydrogen) atoms. The molecule has 0 spiro atoms. The summed E-state index contributed by atoms with van der Waals surface area (Å²) in [7, 11) is 0. The third-order valence-electron chi connectivity index (χ3n) is 5.69. The second-order valence-corrected chi connectivity index (χ2v) is 9.84. The molecule has 3 heterocycles. The minimum atomic E-state index is -0.119. The minimum absolute atomic E-state index is 0.119. The van der Waals surface area contributed by atoms with Crippen molar-refractivity contribution in [1.29, 1.82) is 0 Å². The molecule has 1 fully saturated rings. The third kappa shape index (κ3) is 4.69. The largest absolute Gasteiger partial charge is 0.467 e. The summed E-state index contributed by atoms with van der Waals surface area (Å²) in [5.41, 5.74) is 4.45. The van der Waals surface area contributed by atoms with Gasteiger partial charge in [-0.3, -0.25) is 9.69 Å². The molecule has 2 aromatic carbocycles. The van der Waals surface area contributed by atoms with E-state index in [1.54, 1.807) is 17.2 Å². The molecule has 2 aromatic heterocycles. The van der Waals surface area contributed by atoms with Crippen LogP contribution in [0.3, 0.4) is 0 Å². The first-order valence-corrected chi connectivity index (χ1v) is 12.5. The zero-order valence-corrected chi connectivity index (χ0v) is 21.4. The molecule has 0 unspecified atom stereocenters. The normalized spacial score (nSPS) is 16.1. The number of para-hydroxylation sites is 1. The number of hydrogen-bond donors (Lipinski definition) is 0. The van der Waals surface area contributed by atoms with E-state index in [1.165, 1.54) is 11.8 Å². The number of rotatable bonds is 5. The maximum absolute atomic E-state index is 13.5. The van der Waals surface area contributed by atoms with Gasteiger partial charge in [-0.25, -0.2) is 4.99 Å².